The van der Waals surface area contributed by atoms with Gasteiger partial charge in [0.05, 0.1) is 19.5 Å². The highest BCUT2D eigenvalue weighted by Crippen LogP contribution is 2.13. The molecule has 1 atom stereocenters. The Hall–Kier alpha value is -0.210. The highest BCUT2D eigenvalue weighted by Gasteiger charge is 2.04. The first-order valence-electron chi connectivity index (χ1n) is 12.0. The van der Waals surface area contributed by atoms with Crippen LogP contribution < -0.4 is 0 Å². The maximum Gasteiger partial charge on any atom is 0.261 e. The molecule has 30 heavy (non-hydrogen) atoms. The lowest BCUT2D eigenvalue weighted by molar-refractivity contribution is -0.0205. The molecule has 0 aromatic carbocycles. The molecule has 0 aliphatic rings. The highest BCUT2D eigenvalue weighted by atomic mass is 32.2. The van der Waals surface area contributed by atoms with E-state index in [9.17, 15) is 8.42 Å². The van der Waals surface area contributed by atoms with Crippen LogP contribution in [0.5, 0.6) is 0 Å². The van der Waals surface area contributed by atoms with E-state index >= 15 is 0 Å². The molecular formula is C23H50O6S. The fourth-order valence-corrected chi connectivity index (χ4v) is 3.16. The number of ether oxygens (including phenoxy) is 2. The predicted molar refractivity (Wildman–Crippen MR) is 126 cm³/mol. The Morgan fingerprint density at radius 3 is 1.37 bits per heavy atom. The molecule has 0 radical (unpaired) electrons. The minimum absolute atomic E-state index is 0.0372. The molecule has 2 N–H and O–H groups in total. The van der Waals surface area contributed by atoms with Crippen LogP contribution in [0.2, 0.25) is 0 Å². The fourth-order valence-electron chi connectivity index (χ4n) is 3.16. The summed E-state index contributed by atoms with van der Waals surface area (Å²) >= 11 is 0. The maximum atomic E-state index is 9.19. The van der Waals surface area contributed by atoms with Crippen molar-refractivity contribution in [3.63, 3.8) is 0 Å². The summed E-state index contributed by atoms with van der Waals surface area (Å²) in [6.45, 7) is 3.62. The van der Waals surface area contributed by atoms with Crippen LogP contribution in [0.4, 0.5) is 0 Å². The second-order valence-electron chi connectivity index (χ2n) is 8.15. The molecule has 0 saturated heterocycles. The van der Waals surface area contributed by atoms with E-state index in [1.165, 1.54) is 96.3 Å². The standard InChI is InChI=1S/C22H46O3.CH4O3S/c1-3-4-5-6-7-8-9-10-11-12-13-14-15-16-17-18-19-25-21-22(20-23)24-2;1-5(2,3)4/h22-23H,3-21H2,1-2H3;1H3,(H,2,3,4). The summed E-state index contributed by atoms with van der Waals surface area (Å²) in [5.41, 5.74) is 0. The van der Waals surface area contributed by atoms with E-state index < -0.39 is 10.1 Å². The summed E-state index contributed by atoms with van der Waals surface area (Å²) in [6.07, 6.45) is 22.8. The molecule has 0 aliphatic carbocycles. The second kappa shape index (κ2) is 25.1. The molecular weight excluding hydrogens is 404 g/mol. The molecule has 184 valence electrons. The van der Waals surface area contributed by atoms with Crippen LogP contribution in [0.1, 0.15) is 110 Å². The number of rotatable bonds is 21. The van der Waals surface area contributed by atoms with Crippen molar-refractivity contribution in [1.29, 1.82) is 0 Å². The van der Waals surface area contributed by atoms with E-state index in [2.05, 4.69) is 6.92 Å². The molecule has 0 amide bonds. The Morgan fingerprint density at radius 2 is 1.07 bits per heavy atom. The number of aliphatic hydroxyl groups excluding tert-OH is 1. The van der Waals surface area contributed by atoms with Crippen LogP contribution in [0, 0.1) is 0 Å². The van der Waals surface area contributed by atoms with E-state index in [0.717, 1.165) is 13.0 Å². The molecule has 6 nitrogen and oxygen atoms in total. The normalized spacial score (nSPS) is 12.4. The van der Waals surface area contributed by atoms with Crippen LogP contribution in [0.15, 0.2) is 0 Å². The molecule has 1 unspecified atom stereocenters. The topological polar surface area (TPSA) is 93.1 Å². The molecule has 0 fully saturated rings. The van der Waals surface area contributed by atoms with Gasteiger partial charge in [0.25, 0.3) is 10.1 Å². The van der Waals surface area contributed by atoms with E-state index in [1.54, 1.807) is 7.11 Å². The largest absolute Gasteiger partial charge is 0.394 e. The van der Waals surface area contributed by atoms with Gasteiger partial charge in [-0.25, -0.2) is 0 Å². The maximum absolute atomic E-state index is 9.19. The molecule has 0 bridgehead atoms. The number of hydrogen-bond acceptors (Lipinski definition) is 5. The predicted octanol–water partition coefficient (Wildman–Crippen LogP) is 5.78. The number of hydrogen-bond donors (Lipinski definition) is 2. The average Bonchev–Trinajstić information content (AvgIpc) is 2.68. The smallest absolute Gasteiger partial charge is 0.261 e. The first-order chi connectivity index (χ1) is 14.3. The quantitative estimate of drug-likeness (QED) is 0.169. The molecule has 7 heteroatoms. The van der Waals surface area contributed by atoms with Crippen LogP contribution >= 0.6 is 0 Å². The van der Waals surface area contributed by atoms with Gasteiger partial charge in [0.2, 0.25) is 0 Å². The van der Waals surface area contributed by atoms with Crippen molar-refractivity contribution in [2.24, 2.45) is 0 Å². The average molecular weight is 455 g/mol. The van der Waals surface area contributed by atoms with Crippen LogP contribution in [0.25, 0.3) is 0 Å². The Kier molecular flexibility index (Phi) is 26.7. The Bertz CT molecular complexity index is 402. The number of aliphatic hydroxyl groups is 1. The van der Waals surface area contributed by atoms with Gasteiger partial charge in [-0.05, 0) is 6.42 Å². The first kappa shape index (κ1) is 32.0. The van der Waals surface area contributed by atoms with Crippen molar-refractivity contribution in [3.05, 3.63) is 0 Å². The van der Waals surface area contributed by atoms with Gasteiger partial charge in [0.15, 0.2) is 0 Å². The second-order valence-corrected chi connectivity index (χ2v) is 9.62. The minimum atomic E-state index is -3.67. The fraction of sp³-hybridized carbons (Fsp3) is 1.00. The van der Waals surface area contributed by atoms with Crippen molar-refractivity contribution in [2.75, 3.05) is 33.2 Å². The summed E-state index contributed by atoms with van der Waals surface area (Å²) in [5, 5.41) is 8.96. The molecule has 0 aliphatic heterocycles. The lowest BCUT2D eigenvalue weighted by Gasteiger charge is -2.12. The van der Waals surface area contributed by atoms with Gasteiger partial charge in [-0.1, -0.05) is 103 Å². The van der Waals surface area contributed by atoms with Crippen molar-refractivity contribution in [2.45, 2.75) is 116 Å². The summed E-state index contributed by atoms with van der Waals surface area (Å²) in [6, 6.07) is 0. The molecule has 0 spiro atoms. The van der Waals surface area contributed by atoms with Gasteiger partial charge in [-0.3, -0.25) is 4.55 Å². The minimum Gasteiger partial charge on any atom is -0.394 e. The summed E-state index contributed by atoms with van der Waals surface area (Å²) < 4.78 is 36.4. The van der Waals surface area contributed by atoms with Crippen LogP contribution in [0.3, 0.4) is 0 Å². The first-order valence-corrected chi connectivity index (χ1v) is 13.8. The van der Waals surface area contributed by atoms with Crippen molar-refractivity contribution < 1.29 is 27.6 Å². The third-order valence-corrected chi connectivity index (χ3v) is 4.98. The van der Waals surface area contributed by atoms with Gasteiger partial charge in [0.1, 0.15) is 6.10 Å². The summed E-state index contributed by atoms with van der Waals surface area (Å²) in [5.74, 6) is 0. The van der Waals surface area contributed by atoms with E-state index in [0.29, 0.717) is 12.9 Å². The third-order valence-electron chi connectivity index (χ3n) is 4.98. The van der Waals surface area contributed by atoms with Crippen LogP contribution in [-0.4, -0.2) is 57.4 Å². The van der Waals surface area contributed by atoms with Crippen molar-refractivity contribution >= 4 is 10.1 Å². The lowest BCUT2D eigenvalue weighted by atomic mass is 10.0. The monoisotopic (exact) mass is 454 g/mol. The van der Waals surface area contributed by atoms with Crippen molar-refractivity contribution in [1.82, 2.24) is 0 Å². The Balaban J connectivity index is 0. The van der Waals surface area contributed by atoms with Crippen LogP contribution in [-0.2, 0) is 19.6 Å². The Morgan fingerprint density at radius 1 is 0.733 bits per heavy atom. The van der Waals surface area contributed by atoms with E-state index in [1.807, 2.05) is 0 Å². The zero-order chi connectivity index (χ0) is 22.9. The number of unbranched alkanes of at least 4 members (excludes halogenated alkanes) is 15. The molecule has 0 saturated carbocycles. The van der Waals surface area contributed by atoms with Crippen molar-refractivity contribution in [3.8, 4) is 0 Å². The number of methoxy groups -OCH3 is 1. The van der Waals surface area contributed by atoms with E-state index in [-0.39, 0.29) is 12.7 Å². The van der Waals surface area contributed by atoms with Gasteiger partial charge in [0, 0.05) is 13.7 Å². The summed E-state index contributed by atoms with van der Waals surface area (Å²) in [7, 11) is -2.06. The molecule has 0 rings (SSSR count). The van der Waals surface area contributed by atoms with Gasteiger partial charge < -0.3 is 14.6 Å². The van der Waals surface area contributed by atoms with Gasteiger partial charge in [-0.15, -0.1) is 0 Å². The molecule has 0 heterocycles. The molecule has 0 aromatic rings. The van der Waals surface area contributed by atoms with Gasteiger partial charge >= 0.3 is 0 Å². The third kappa shape index (κ3) is 35.2. The zero-order valence-electron chi connectivity index (χ0n) is 19.9. The summed E-state index contributed by atoms with van der Waals surface area (Å²) in [4.78, 5) is 0. The highest BCUT2D eigenvalue weighted by molar-refractivity contribution is 7.85. The zero-order valence-corrected chi connectivity index (χ0v) is 20.8. The SMILES string of the molecule is CCCCCCCCCCCCCCCCCCOCC(CO)OC.CS(=O)(=O)O. The lowest BCUT2D eigenvalue weighted by Crippen LogP contribution is -2.22. The van der Waals surface area contributed by atoms with Gasteiger partial charge in [-0.2, -0.15) is 8.42 Å². The Labute approximate surface area is 186 Å². The molecule has 0 aromatic heterocycles. The van der Waals surface area contributed by atoms with E-state index in [4.69, 9.17) is 19.1 Å².